The summed E-state index contributed by atoms with van der Waals surface area (Å²) in [7, 11) is 0. The van der Waals surface area contributed by atoms with E-state index in [2.05, 4.69) is 0 Å². The highest BCUT2D eigenvalue weighted by molar-refractivity contribution is 5.70. The lowest BCUT2D eigenvalue weighted by Crippen LogP contribution is -2.38. The van der Waals surface area contributed by atoms with Crippen LogP contribution in [0.3, 0.4) is 0 Å². The SMILES string of the molecule is CC(C(=O)O)C(C)(O)CCc1ccccc1. The minimum atomic E-state index is -1.17. The third-order valence-corrected chi connectivity index (χ3v) is 3.07. The lowest BCUT2D eigenvalue weighted by Gasteiger charge is -2.27. The molecule has 2 unspecified atom stereocenters. The number of carboxylic acid groups (broad SMARTS) is 1. The smallest absolute Gasteiger partial charge is 0.309 e. The number of carbonyl (C=O) groups is 1. The average Bonchev–Trinajstić information content (AvgIpc) is 2.27. The van der Waals surface area contributed by atoms with E-state index in [1.54, 1.807) is 6.92 Å². The molecule has 0 spiro atoms. The minimum absolute atomic E-state index is 0.449. The van der Waals surface area contributed by atoms with Crippen molar-refractivity contribution in [2.45, 2.75) is 32.3 Å². The fourth-order valence-corrected chi connectivity index (χ4v) is 1.52. The second-order valence-corrected chi connectivity index (χ2v) is 4.40. The highest BCUT2D eigenvalue weighted by Crippen LogP contribution is 2.23. The highest BCUT2D eigenvalue weighted by atomic mass is 16.4. The summed E-state index contributed by atoms with van der Waals surface area (Å²) in [5.74, 6) is -1.71. The zero-order valence-corrected chi connectivity index (χ0v) is 9.68. The van der Waals surface area contributed by atoms with Crippen LogP contribution in [0.15, 0.2) is 30.3 Å². The molecule has 3 nitrogen and oxygen atoms in total. The van der Waals surface area contributed by atoms with Gasteiger partial charge in [0, 0.05) is 0 Å². The van der Waals surface area contributed by atoms with Gasteiger partial charge < -0.3 is 10.2 Å². The van der Waals surface area contributed by atoms with Gasteiger partial charge in [0.15, 0.2) is 0 Å². The molecular weight excluding hydrogens is 204 g/mol. The van der Waals surface area contributed by atoms with Crippen molar-refractivity contribution < 1.29 is 15.0 Å². The van der Waals surface area contributed by atoms with E-state index in [-0.39, 0.29) is 0 Å². The van der Waals surface area contributed by atoms with Crippen molar-refractivity contribution in [1.82, 2.24) is 0 Å². The van der Waals surface area contributed by atoms with Crippen LogP contribution in [0.25, 0.3) is 0 Å². The lowest BCUT2D eigenvalue weighted by atomic mass is 9.85. The van der Waals surface area contributed by atoms with Crippen LogP contribution < -0.4 is 0 Å². The second kappa shape index (κ2) is 5.12. The molecule has 0 aromatic heterocycles. The molecule has 0 fully saturated rings. The molecule has 0 radical (unpaired) electrons. The molecule has 0 aliphatic rings. The quantitative estimate of drug-likeness (QED) is 0.802. The zero-order valence-electron chi connectivity index (χ0n) is 9.68. The molecule has 0 saturated carbocycles. The van der Waals surface area contributed by atoms with Gasteiger partial charge in [-0.3, -0.25) is 4.79 Å². The number of aliphatic carboxylic acids is 1. The van der Waals surface area contributed by atoms with Crippen LogP contribution in [0, 0.1) is 5.92 Å². The number of aliphatic hydroxyl groups is 1. The normalized spacial score (nSPS) is 16.4. The predicted molar refractivity (Wildman–Crippen MR) is 62.2 cm³/mol. The standard InChI is InChI=1S/C13H18O3/c1-10(12(14)15)13(2,16)9-8-11-6-4-3-5-7-11/h3-7,10,16H,8-9H2,1-2H3,(H,14,15). The van der Waals surface area contributed by atoms with Gasteiger partial charge >= 0.3 is 5.97 Å². The summed E-state index contributed by atoms with van der Waals surface area (Å²) < 4.78 is 0. The van der Waals surface area contributed by atoms with E-state index < -0.39 is 17.5 Å². The van der Waals surface area contributed by atoms with Crippen LogP contribution in [-0.2, 0) is 11.2 Å². The summed E-state index contributed by atoms with van der Waals surface area (Å²) >= 11 is 0. The monoisotopic (exact) mass is 222 g/mol. The number of rotatable bonds is 5. The topological polar surface area (TPSA) is 57.5 Å². The van der Waals surface area contributed by atoms with Crippen molar-refractivity contribution in [3.05, 3.63) is 35.9 Å². The first-order valence-corrected chi connectivity index (χ1v) is 5.42. The molecule has 1 aromatic rings. The Kier molecular flexibility index (Phi) is 4.07. The van der Waals surface area contributed by atoms with Gasteiger partial charge in [-0.1, -0.05) is 30.3 Å². The Balaban J connectivity index is 2.57. The van der Waals surface area contributed by atoms with Crippen molar-refractivity contribution in [3.63, 3.8) is 0 Å². The van der Waals surface area contributed by atoms with E-state index in [1.807, 2.05) is 30.3 Å². The molecule has 2 N–H and O–H groups in total. The van der Waals surface area contributed by atoms with E-state index in [0.717, 1.165) is 5.56 Å². The summed E-state index contributed by atoms with van der Waals surface area (Å²) in [5.41, 5.74) is -0.0536. The Morgan fingerprint density at radius 3 is 2.44 bits per heavy atom. The molecular formula is C13H18O3. The minimum Gasteiger partial charge on any atom is -0.481 e. The van der Waals surface area contributed by atoms with E-state index in [1.165, 1.54) is 6.92 Å². The number of benzene rings is 1. The van der Waals surface area contributed by atoms with E-state index in [4.69, 9.17) is 5.11 Å². The molecule has 1 aromatic carbocycles. The molecule has 0 bridgehead atoms. The number of carboxylic acids is 1. The van der Waals surface area contributed by atoms with Crippen molar-refractivity contribution in [2.75, 3.05) is 0 Å². The van der Waals surface area contributed by atoms with Crippen LogP contribution in [0.1, 0.15) is 25.8 Å². The maximum absolute atomic E-state index is 10.8. The molecule has 1 rings (SSSR count). The Morgan fingerprint density at radius 2 is 1.94 bits per heavy atom. The van der Waals surface area contributed by atoms with Crippen LogP contribution in [0.5, 0.6) is 0 Å². The first kappa shape index (κ1) is 12.7. The molecule has 0 heterocycles. The number of hydrogen-bond acceptors (Lipinski definition) is 2. The molecule has 0 amide bonds. The third kappa shape index (κ3) is 3.35. The Bertz CT molecular complexity index is 343. The number of aryl methyl sites for hydroxylation is 1. The largest absolute Gasteiger partial charge is 0.481 e. The van der Waals surface area contributed by atoms with Gasteiger partial charge in [0.05, 0.1) is 11.5 Å². The molecule has 0 aliphatic carbocycles. The zero-order chi connectivity index (χ0) is 12.2. The van der Waals surface area contributed by atoms with Crippen molar-refractivity contribution >= 4 is 5.97 Å². The van der Waals surface area contributed by atoms with Crippen LogP contribution in [0.4, 0.5) is 0 Å². The summed E-state index contributed by atoms with van der Waals surface area (Å²) in [6.45, 7) is 3.11. The first-order valence-electron chi connectivity index (χ1n) is 5.42. The first-order chi connectivity index (χ1) is 7.43. The fraction of sp³-hybridized carbons (Fsp3) is 0.462. The van der Waals surface area contributed by atoms with Crippen molar-refractivity contribution in [2.24, 2.45) is 5.92 Å². The van der Waals surface area contributed by atoms with Gasteiger partial charge in [0.1, 0.15) is 0 Å². The molecule has 16 heavy (non-hydrogen) atoms. The predicted octanol–water partition coefficient (Wildman–Crippen LogP) is 2.09. The van der Waals surface area contributed by atoms with Gasteiger partial charge in [0.2, 0.25) is 0 Å². The Hall–Kier alpha value is -1.35. The fourth-order valence-electron chi connectivity index (χ4n) is 1.52. The third-order valence-electron chi connectivity index (χ3n) is 3.07. The lowest BCUT2D eigenvalue weighted by molar-refractivity contribution is -0.150. The van der Waals surface area contributed by atoms with Crippen molar-refractivity contribution in [3.8, 4) is 0 Å². The van der Waals surface area contributed by atoms with Gasteiger partial charge in [-0.25, -0.2) is 0 Å². The maximum atomic E-state index is 10.8. The maximum Gasteiger partial charge on any atom is 0.309 e. The summed E-state index contributed by atoms with van der Waals surface area (Å²) in [5, 5.41) is 18.9. The average molecular weight is 222 g/mol. The Morgan fingerprint density at radius 1 is 1.38 bits per heavy atom. The molecule has 3 heteroatoms. The summed E-state index contributed by atoms with van der Waals surface area (Å²) in [6, 6.07) is 9.75. The highest BCUT2D eigenvalue weighted by Gasteiger charge is 2.33. The van der Waals surface area contributed by atoms with Crippen molar-refractivity contribution in [1.29, 1.82) is 0 Å². The van der Waals surface area contributed by atoms with Crippen LogP contribution in [0.2, 0.25) is 0 Å². The van der Waals surface area contributed by atoms with E-state index in [9.17, 15) is 9.90 Å². The van der Waals surface area contributed by atoms with Crippen LogP contribution in [-0.4, -0.2) is 21.8 Å². The number of hydrogen-bond donors (Lipinski definition) is 2. The van der Waals surface area contributed by atoms with Gasteiger partial charge in [-0.2, -0.15) is 0 Å². The Labute approximate surface area is 95.7 Å². The van der Waals surface area contributed by atoms with Gasteiger partial charge in [0.25, 0.3) is 0 Å². The molecule has 0 saturated heterocycles. The van der Waals surface area contributed by atoms with E-state index in [0.29, 0.717) is 12.8 Å². The van der Waals surface area contributed by atoms with Gasteiger partial charge in [-0.05, 0) is 32.3 Å². The second-order valence-electron chi connectivity index (χ2n) is 4.40. The molecule has 2 atom stereocenters. The van der Waals surface area contributed by atoms with Gasteiger partial charge in [-0.15, -0.1) is 0 Å². The molecule has 0 aliphatic heterocycles. The summed E-state index contributed by atoms with van der Waals surface area (Å²) in [4.78, 5) is 10.8. The molecule has 88 valence electrons. The van der Waals surface area contributed by atoms with Crippen LogP contribution >= 0.6 is 0 Å². The van der Waals surface area contributed by atoms with E-state index >= 15 is 0 Å². The summed E-state index contributed by atoms with van der Waals surface area (Å²) in [6.07, 6.45) is 1.13.